The Bertz CT molecular complexity index is 1010. The van der Waals surface area contributed by atoms with Crippen molar-refractivity contribution in [2.75, 3.05) is 13.7 Å². The number of methoxy groups -OCH3 is 1. The minimum absolute atomic E-state index is 0.0482. The molecule has 0 bridgehead atoms. The second-order valence-corrected chi connectivity index (χ2v) is 8.51. The lowest BCUT2D eigenvalue weighted by Crippen LogP contribution is -2.25. The predicted molar refractivity (Wildman–Crippen MR) is 105 cm³/mol. The van der Waals surface area contributed by atoms with Crippen LogP contribution in [0.15, 0.2) is 9.95 Å². The molecule has 0 aliphatic heterocycles. The standard InChI is InChI=1S/C17H22N6O2S2/c1-3-7-23-13(19-20-21-23)10-26-17-18-15-14(11-5-4-6-12(11)27-15)16(24)22(17)8-9-25-2/h3-10H2,1-2H3. The van der Waals surface area contributed by atoms with Crippen LogP contribution in [0, 0.1) is 0 Å². The molecule has 0 saturated carbocycles. The number of thiophene rings is 1. The lowest BCUT2D eigenvalue weighted by atomic mass is 10.2. The van der Waals surface area contributed by atoms with Crippen molar-refractivity contribution in [3.8, 4) is 0 Å². The summed E-state index contributed by atoms with van der Waals surface area (Å²) in [4.78, 5) is 20.2. The first-order valence-electron chi connectivity index (χ1n) is 9.14. The molecule has 1 aliphatic rings. The maximum absolute atomic E-state index is 13.2. The van der Waals surface area contributed by atoms with Gasteiger partial charge in [-0.05, 0) is 41.7 Å². The van der Waals surface area contributed by atoms with Crippen LogP contribution in [0.25, 0.3) is 10.2 Å². The Hall–Kier alpha value is -1.78. The summed E-state index contributed by atoms with van der Waals surface area (Å²) in [6.45, 7) is 3.83. The number of fused-ring (bicyclic) bond motifs is 3. The largest absolute Gasteiger partial charge is 0.383 e. The molecule has 0 saturated heterocycles. The van der Waals surface area contributed by atoms with Crippen molar-refractivity contribution in [2.24, 2.45) is 0 Å². The molecule has 0 amide bonds. The first-order valence-corrected chi connectivity index (χ1v) is 10.9. The lowest BCUT2D eigenvalue weighted by molar-refractivity contribution is 0.183. The molecule has 0 atom stereocenters. The third-order valence-electron chi connectivity index (χ3n) is 4.68. The number of aromatic nitrogens is 6. The Labute approximate surface area is 164 Å². The fourth-order valence-corrected chi connectivity index (χ4v) is 5.65. The zero-order valence-electron chi connectivity index (χ0n) is 15.5. The molecule has 1 aliphatic carbocycles. The van der Waals surface area contributed by atoms with Crippen molar-refractivity contribution in [1.82, 2.24) is 29.8 Å². The highest BCUT2D eigenvalue weighted by atomic mass is 32.2. The second kappa shape index (κ2) is 8.07. The van der Waals surface area contributed by atoms with Gasteiger partial charge < -0.3 is 4.74 Å². The summed E-state index contributed by atoms with van der Waals surface area (Å²) in [5, 5.41) is 13.4. The van der Waals surface area contributed by atoms with Gasteiger partial charge in [-0.3, -0.25) is 9.36 Å². The molecule has 3 aromatic rings. The molecule has 0 radical (unpaired) electrons. The molecule has 0 unspecified atom stereocenters. The van der Waals surface area contributed by atoms with Gasteiger partial charge in [0.15, 0.2) is 11.0 Å². The molecule has 3 aromatic heterocycles. The molecule has 3 heterocycles. The lowest BCUT2D eigenvalue weighted by Gasteiger charge is -2.12. The van der Waals surface area contributed by atoms with Crippen molar-refractivity contribution in [1.29, 1.82) is 0 Å². The number of hydrogen-bond acceptors (Lipinski definition) is 8. The molecule has 27 heavy (non-hydrogen) atoms. The maximum Gasteiger partial charge on any atom is 0.263 e. The zero-order valence-corrected chi connectivity index (χ0v) is 17.1. The SMILES string of the molecule is CCCn1nnnc1CSc1nc2sc3c(c2c(=O)n1CCOC)CCC3. The van der Waals surface area contributed by atoms with Crippen LogP contribution in [0.5, 0.6) is 0 Å². The molecule has 4 rings (SSSR count). The average molecular weight is 407 g/mol. The highest BCUT2D eigenvalue weighted by Gasteiger charge is 2.23. The monoisotopic (exact) mass is 406 g/mol. The second-order valence-electron chi connectivity index (χ2n) is 6.49. The van der Waals surface area contributed by atoms with Gasteiger partial charge in [0.25, 0.3) is 5.56 Å². The molecule has 8 nitrogen and oxygen atoms in total. The number of rotatable bonds is 8. The van der Waals surface area contributed by atoms with E-state index in [9.17, 15) is 4.79 Å². The van der Waals surface area contributed by atoms with Crippen molar-refractivity contribution >= 4 is 33.3 Å². The molecular weight excluding hydrogens is 384 g/mol. The van der Waals surface area contributed by atoms with E-state index < -0.39 is 0 Å². The fraction of sp³-hybridized carbons (Fsp3) is 0.588. The van der Waals surface area contributed by atoms with E-state index in [0.717, 1.165) is 48.3 Å². The van der Waals surface area contributed by atoms with E-state index in [0.29, 0.717) is 24.1 Å². The first kappa shape index (κ1) is 18.6. The zero-order chi connectivity index (χ0) is 18.8. The quantitative estimate of drug-likeness (QED) is 0.419. The van der Waals surface area contributed by atoms with Crippen LogP contribution in [0.3, 0.4) is 0 Å². The number of hydrogen-bond donors (Lipinski definition) is 0. The van der Waals surface area contributed by atoms with E-state index in [1.54, 1.807) is 23.0 Å². The summed E-state index contributed by atoms with van der Waals surface area (Å²) < 4.78 is 8.77. The summed E-state index contributed by atoms with van der Waals surface area (Å²) in [6, 6.07) is 0. The average Bonchev–Trinajstić information content (AvgIpc) is 3.35. The molecule has 0 aromatic carbocycles. The summed E-state index contributed by atoms with van der Waals surface area (Å²) in [5.74, 6) is 1.37. The first-order chi connectivity index (χ1) is 13.2. The summed E-state index contributed by atoms with van der Waals surface area (Å²) in [6.07, 6.45) is 4.13. The van der Waals surface area contributed by atoms with Crippen LogP contribution in [0.4, 0.5) is 0 Å². The van der Waals surface area contributed by atoms with Crippen LogP contribution in [0.2, 0.25) is 0 Å². The highest BCUT2D eigenvalue weighted by Crippen LogP contribution is 2.35. The summed E-state index contributed by atoms with van der Waals surface area (Å²) in [5.41, 5.74) is 1.26. The number of nitrogens with zero attached hydrogens (tertiary/aromatic N) is 6. The minimum atomic E-state index is 0.0482. The van der Waals surface area contributed by atoms with Gasteiger partial charge in [-0.1, -0.05) is 18.7 Å². The Balaban J connectivity index is 1.70. The van der Waals surface area contributed by atoms with Gasteiger partial charge in [0, 0.05) is 18.5 Å². The number of thioether (sulfide) groups is 1. The van der Waals surface area contributed by atoms with E-state index in [2.05, 4.69) is 22.4 Å². The minimum Gasteiger partial charge on any atom is -0.383 e. The number of tetrazole rings is 1. The Morgan fingerprint density at radius 2 is 2.19 bits per heavy atom. The van der Waals surface area contributed by atoms with E-state index >= 15 is 0 Å². The molecule has 0 fully saturated rings. The molecule has 144 valence electrons. The van der Waals surface area contributed by atoms with Crippen LogP contribution in [-0.2, 0) is 36.4 Å². The summed E-state index contributed by atoms with van der Waals surface area (Å²) >= 11 is 3.17. The van der Waals surface area contributed by atoms with Crippen molar-refractivity contribution in [3.63, 3.8) is 0 Å². The van der Waals surface area contributed by atoms with Crippen molar-refractivity contribution in [2.45, 2.75) is 56.6 Å². The third kappa shape index (κ3) is 3.53. The Morgan fingerprint density at radius 3 is 3.00 bits per heavy atom. The van der Waals surface area contributed by atoms with E-state index in [-0.39, 0.29) is 5.56 Å². The maximum atomic E-state index is 13.2. The van der Waals surface area contributed by atoms with Crippen molar-refractivity contribution in [3.05, 3.63) is 26.6 Å². The van der Waals surface area contributed by atoms with E-state index in [1.165, 1.54) is 22.2 Å². The Morgan fingerprint density at radius 1 is 1.30 bits per heavy atom. The predicted octanol–water partition coefficient (Wildman–Crippen LogP) is 2.28. The van der Waals surface area contributed by atoms with Gasteiger partial charge in [0.1, 0.15) is 4.83 Å². The van der Waals surface area contributed by atoms with E-state index in [4.69, 9.17) is 9.72 Å². The van der Waals surface area contributed by atoms with Gasteiger partial charge in [0.2, 0.25) is 0 Å². The summed E-state index contributed by atoms with van der Waals surface area (Å²) in [7, 11) is 1.64. The normalized spacial score (nSPS) is 13.6. The van der Waals surface area contributed by atoms with Gasteiger partial charge >= 0.3 is 0 Å². The van der Waals surface area contributed by atoms with Crippen molar-refractivity contribution < 1.29 is 4.74 Å². The van der Waals surface area contributed by atoms with Gasteiger partial charge in [-0.2, -0.15) is 0 Å². The fourth-order valence-electron chi connectivity index (χ4n) is 3.39. The van der Waals surface area contributed by atoms with Gasteiger partial charge in [0.05, 0.1) is 24.3 Å². The highest BCUT2D eigenvalue weighted by molar-refractivity contribution is 7.98. The van der Waals surface area contributed by atoms with Crippen LogP contribution in [-0.4, -0.2) is 43.5 Å². The van der Waals surface area contributed by atoms with Gasteiger partial charge in [-0.25, -0.2) is 9.67 Å². The van der Waals surface area contributed by atoms with E-state index in [1.807, 2.05) is 4.68 Å². The molecule has 10 heteroatoms. The third-order valence-corrected chi connectivity index (χ3v) is 6.84. The molecular formula is C17H22N6O2S2. The Kier molecular flexibility index (Phi) is 5.55. The number of ether oxygens (including phenoxy) is 1. The van der Waals surface area contributed by atoms with Crippen LogP contribution < -0.4 is 5.56 Å². The van der Waals surface area contributed by atoms with Crippen LogP contribution >= 0.6 is 23.1 Å². The molecule has 0 spiro atoms. The topological polar surface area (TPSA) is 87.7 Å². The number of aryl methyl sites for hydroxylation is 3. The smallest absolute Gasteiger partial charge is 0.263 e. The molecule has 0 N–H and O–H groups in total. The van der Waals surface area contributed by atoms with Gasteiger partial charge in [-0.15, -0.1) is 16.4 Å². The van der Waals surface area contributed by atoms with Crippen LogP contribution in [0.1, 0.15) is 36.0 Å².